The lowest BCUT2D eigenvalue weighted by Gasteiger charge is -2.52. The van der Waals surface area contributed by atoms with Gasteiger partial charge in [-0.15, -0.1) is 0 Å². The fraction of sp³-hybridized carbons (Fsp3) is 0.296. The van der Waals surface area contributed by atoms with E-state index < -0.39 is 6.09 Å². The predicted octanol–water partition coefficient (Wildman–Crippen LogP) is 6.18. The van der Waals surface area contributed by atoms with E-state index in [0.29, 0.717) is 16.6 Å². The monoisotopic (exact) mass is 446 g/mol. The van der Waals surface area contributed by atoms with Crippen molar-refractivity contribution in [2.45, 2.75) is 30.9 Å². The second-order valence-electron chi connectivity index (χ2n) is 8.64. The Bertz CT molecular complexity index is 1010. The largest absolute Gasteiger partial charge is 0.444 e. The number of ether oxygens (including phenoxy) is 1. The van der Waals surface area contributed by atoms with Gasteiger partial charge in [-0.1, -0.05) is 84.4 Å². The van der Waals surface area contributed by atoms with E-state index in [4.69, 9.17) is 16.3 Å². The molecule has 3 aliphatic rings. The highest BCUT2D eigenvalue weighted by Gasteiger charge is 2.48. The number of carbonyl (C=O) groups is 1. The van der Waals surface area contributed by atoms with Crippen LogP contribution >= 0.6 is 11.6 Å². The molecule has 4 nitrogen and oxygen atoms in total. The lowest BCUT2D eigenvalue weighted by molar-refractivity contribution is -0.0797. The molecule has 2 bridgehead atoms. The quantitative estimate of drug-likeness (QED) is 0.508. The Labute approximate surface area is 194 Å². The van der Waals surface area contributed by atoms with Crippen LogP contribution in [0, 0.1) is 5.92 Å². The van der Waals surface area contributed by atoms with Crippen LogP contribution in [0.15, 0.2) is 84.9 Å². The maximum absolute atomic E-state index is 12.9. The Morgan fingerprint density at radius 3 is 2.03 bits per heavy atom. The van der Waals surface area contributed by atoms with Crippen LogP contribution in [0.5, 0.6) is 0 Å². The van der Waals surface area contributed by atoms with Crippen LogP contribution in [0.2, 0.25) is 5.02 Å². The van der Waals surface area contributed by atoms with E-state index in [1.165, 1.54) is 11.1 Å². The lowest BCUT2D eigenvalue weighted by Crippen LogP contribution is -2.61. The number of fused-ring (bicyclic) bond motifs is 3. The first-order valence-electron chi connectivity index (χ1n) is 11.3. The summed E-state index contributed by atoms with van der Waals surface area (Å²) in [4.78, 5) is 15.5. The third-order valence-corrected chi connectivity index (χ3v) is 7.14. The molecule has 0 aromatic heterocycles. The van der Waals surface area contributed by atoms with Gasteiger partial charge in [0.15, 0.2) is 0 Å². The second-order valence-corrected chi connectivity index (χ2v) is 9.04. The van der Waals surface area contributed by atoms with Crippen LogP contribution in [-0.4, -0.2) is 36.2 Å². The van der Waals surface area contributed by atoms with E-state index >= 15 is 0 Å². The number of nitrogens with zero attached hydrogens (tertiary/aromatic N) is 1. The Balaban J connectivity index is 1.47. The topological polar surface area (TPSA) is 41.6 Å². The average molecular weight is 447 g/mol. The first-order valence-corrected chi connectivity index (χ1v) is 11.6. The first kappa shape index (κ1) is 21.0. The molecule has 3 aliphatic heterocycles. The van der Waals surface area contributed by atoms with Gasteiger partial charge in [-0.2, -0.15) is 0 Å². The number of rotatable bonds is 5. The number of benzene rings is 3. The van der Waals surface area contributed by atoms with Gasteiger partial charge in [-0.05, 0) is 49.2 Å². The van der Waals surface area contributed by atoms with Gasteiger partial charge in [-0.3, -0.25) is 10.2 Å². The van der Waals surface area contributed by atoms with E-state index in [0.717, 1.165) is 25.9 Å². The summed E-state index contributed by atoms with van der Waals surface area (Å²) in [7, 11) is 0. The van der Waals surface area contributed by atoms with E-state index in [-0.39, 0.29) is 18.1 Å². The second kappa shape index (κ2) is 9.35. The maximum atomic E-state index is 12.9. The molecule has 0 aliphatic carbocycles. The van der Waals surface area contributed by atoms with Gasteiger partial charge in [0.25, 0.3) is 0 Å². The number of carbonyl (C=O) groups excluding carboxylic acids is 1. The lowest BCUT2D eigenvalue weighted by atomic mass is 9.72. The van der Waals surface area contributed by atoms with Crippen molar-refractivity contribution in [1.29, 1.82) is 0 Å². The molecular weight excluding hydrogens is 420 g/mol. The standard InChI is InChI=1S/C27H27ClN2O2/c28-22-13-7-8-14-23(22)29-27(31)32-26-21-15-17-30(18-16-21)25(26)24(19-9-3-1-4-10-19)20-11-5-2-6-12-20/h1-14,21,24-26H,15-18H2,(H,29,31)/t25?,26-/m0/s1. The number of nitrogens with one attached hydrogen (secondary N) is 1. The Morgan fingerprint density at radius 2 is 1.44 bits per heavy atom. The Morgan fingerprint density at radius 1 is 0.875 bits per heavy atom. The van der Waals surface area contributed by atoms with Crippen molar-refractivity contribution < 1.29 is 9.53 Å². The number of halogens is 1. The molecule has 3 aromatic rings. The summed E-state index contributed by atoms with van der Waals surface area (Å²) >= 11 is 6.23. The highest BCUT2D eigenvalue weighted by atomic mass is 35.5. The maximum Gasteiger partial charge on any atom is 0.412 e. The molecular formula is C27H27ClN2O2. The molecule has 1 unspecified atom stereocenters. The van der Waals surface area contributed by atoms with E-state index in [1.54, 1.807) is 12.1 Å². The molecule has 2 atom stereocenters. The van der Waals surface area contributed by atoms with Crippen LogP contribution in [-0.2, 0) is 4.74 Å². The van der Waals surface area contributed by atoms with Gasteiger partial charge >= 0.3 is 6.09 Å². The SMILES string of the molecule is O=C(Nc1ccccc1Cl)O[C@H]1C2CCN(CC2)C1C(c1ccccc1)c1ccccc1. The molecule has 0 radical (unpaired) electrons. The number of anilines is 1. The summed E-state index contributed by atoms with van der Waals surface area (Å²) in [5.74, 6) is 0.482. The molecule has 32 heavy (non-hydrogen) atoms. The number of amides is 1. The zero-order valence-electron chi connectivity index (χ0n) is 17.9. The molecule has 3 fully saturated rings. The molecule has 5 heteroatoms. The highest BCUT2D eigenvalue weighted by Crippen LogP contribution is 2.43. The van der Waals surface area contributed by atoms with Crippen molar-refractivity contribution in [2.75, 3.05) is 18.4 Å². The average Bonchev–Trinajstić information content (AvgIpc) is 2.84. The van der Waals surface area contributed by atoms with Crippen molar-refractivity contribution in [2.24, 2.45) is 5.92 Å². The third-order valence-electron chi connectivity index (χ3n) is 6.81. The van der Waals surface area contributed by atoms with Crippen LogP contribution in [0.25, 0.3) is 0 Å². The normalized spacial score (nSPS) is 24.3. The van der Waals surface area contributed by atoms with Crippen LogP contribution in [0.4, 0.5) is 10.5 Å². The van der Waals surface area contributed by atoms with Crippen LogP contribution in [0.1, 0.15) is 29.9 Å². The molecule has 3 aromatic carbocycles. The van der Waals surface area contributed by atoms with Crippen molar-refractivity contribution in [3.63, 3.8) is 0 Å². The van der Waals surface area contributed by atoms with Gasteiger partial charge in [0.05, 0.1) is 16.8 Å². The Kier molecular flexibility index (Phi) is 6.15. The number of hydrogen-bond acceptors (Lipinski definition) is 3. The zero-order valence-corrected chi connectivity index (χ0v) is 18.6. The summed E-state index contributed by atoms with van der Waals surface area (Å²) in [5.41, 5.74) is 3.06. The molecule has 0 saturated carbocycles. The first-order chi connectivity index (χ1) is 15.7. The number of para-hydroxylation sites is 1. The minimum absolute atomic E-state index is 0.0873. The molecule has 0 spiro atoms. The van der Waals surface area contributed by atoms with E-state index in [9.17, 15) is 4.79 Å². The minimum atomic E-state index is -0.443. The van der Waals surface area contributed by atoms with Gasteiger partial charge in [-0.25, -0.2) is 4.79 Å². The van der Waals surface area contributed by atoms with Gasteiger partial charge < -0.3 is 4.74 Å². The summed E-state index contributed by atoms with van der Waals surface area (Å²) < 4.78 is 6.17. The molecule has 1 amide bonds. The number of piperidine rings is 3. The van der Waals surface area contributed by atoms with Crippen molar-refractivity contribution >= 4 is 23.4 Å². The molecule has 3 heterocycles. The predicted molar refractivity (Wildman–Crippen MR) is 128 cm³/mol. The van der Waals surface area contributed by atoms with E-state index in [2.05, 4.69) is 58.7 Å². The fourth-order valence-electron chi connectivity index (χ4n) is 5.33. The summed E-state index contributed by atoms with van der Waals surface area (Å²) in [6, 6.07) is 28.5. The third kappa shape index (κ3) is 4.25. The summed E-state index contributed by atoms with van der Waals surface area (Å²) in [5, 5.41) is 3.35. The van der Waals surface area contributed by atoms with Crippen LogP contribution in [0.3, 0.4) is 0 Å². The summed E-state index contributed by atoms with van der Waals surface area (Å²) in [6.45, 7) is 2.08. The minimum Gasteiger partial charge on any atom is -0.444 e. The van der Waals surface area contributed by atoms with Gasteiger partial charge in [0, 0.05) is 11.8 Å². The van der Waals surface area contributed by atoms with Crippen molar-refractivity contribution in [3.8, 4) is 0 Å². The highest BCUT2D eigenvalue weighted by molar-refractivity contribution is 6.33. The van der Waals surface area contributed by atoms with Gasteiger partial charge in [0.2, 0.25) is 0 Å². The molecule has 3 saturated heterocycles. The van der Waals surface area contributed by atoms with Crippen LogP contribution < -0.4 is 5.32 Å². The number of hydrogen-bond donors (Lipinski definition) is 1. The van der Waals surface area contributed by atoms with Crippen molar-refractivity contribution in [1.82, 2.24) is 4.90 Å². The van der Waals surface area contributed by atoms with Gasteiger partial charge in [0.1, 0.15) is 6.10 Å². The fourth-order valence-corrected chi connectivity index (χ4v) is 5.52. The van der Waals surface area contributed by atoms with Crippen molar-refractivity contribution in [3.05, 3.63) is 101 Å². The zero-order chi connectivity index (χ0) is 21.9. The smallest absolute Gasteiger partial charge is 0.412 e. The molecule has 6 rings (SSSR count). The Hall–Kier alpha value is -2.82. The summed E-state index contributed by atoms with van der Waals surface area (Å²) in [6.07, 6.45) is 1.47. The molecule has 164 valence electrons. The molecule has 1 N–H and O–H groups in total. The van der Waals surface area contributed by atoms with E-state index in [1.807, 2.05) is 24.3 Å².